The van der Waals surface area contributed by atoms with Crippen molar-refractivity contribution in [2.75, 3.05) is 26.4 Å². The minimum absolute atomic E-state index is 0.173. The number of carboxylic acid groups (broad SMARTS) is 1. The molecule has 0 saturated carbocycles. The standard InChI is InChI=1S/C37H38N2O7/c1-25-31(7-4-8-32(25)29-11-12-33-35(19-29)45-16-15-44-33)23-43-14-13-26-9-10-30(21-39-37(2,24-40)36(41)42)34(18-26)46-22-28-6-3-5-27(17-28)20-38/h3-12,17-19,39-40H,13-16,21-24H2,1-2H3,(H,41,42)/t37-/m0/s1. The van der Waals surface area contributed by atoms with Gasteiger partial charge >= 0.3 is 5.97 Å². The first-order valence-corrected chi connectivity index (χ1v) is 15.2. The van der Waals surface area contributed by atoms with Gasteiger partial charge in [0, 0.05) is 12.1 Å². The van der Waals surface area contributed by atoms with E-state index in [0.717, 1.165) is 50.4 Å². The molecule has 9 heteroatoms. The molecule has 5 rings (SSSR count). The van der Waals surface area contributed by atoms with Crippen molar-refractivity contribution in [1.82, 2.24) is 5.32 Å². The molecule has 3 N–H and O–H groups in total. The highest BCUT2D eigenvalue weighted by Gasteiger charge is 2.32. The van der Waals surface area contributed by atoms with E-state index in [9.17, 15) is 20.3 Å². The van der Waals surface area contributed by atoms with Gasteiger partial charge < -0.3 is 29.2 Å². The molecule has 1 atom stereocenters. The zero-order valence-corrected chi connectivity index (χ0v) is 26.0. The minimum atomic E-state index is -1.50. The summed E-state index contributed by atoms with van der Waals surface area (Å²) in [5.41, 5.74) is 6.04. The van der Waals surface area contributed by atoms with Crippen LogP contribution < -0.4 is 19.5 Å². The smallest absolute Gasteiger partial charge is 0.326 e. The lowest BCUT2D eigenvalue weighted by atomic mass is 9.96. The molecular formula is C37H38N2O7. The zero-order valence-electron chi connectivity index (χ0n) is 26.0. The second-order valence-corrected chi connectivity index (χ2v) is 11.4. The van der Waals surface area contributed by atoms with Crippen molar-refractivity contribution in [1.29, 1.82) is 5.26 Å². The Morgan fingerprint density at radius 3 is 2.54 bits per heavy atom. The molecule has 0 spiro atoms. The van der Waals surface area contributed by atoms with Crippen molar-refractivity contribution >= 4 is 5.97 Å². The average Bonchev–Trinajstić information content (AvgIpc) is 3.09. The minimum Gasteiger partial charge on any atom is -0.489 e. The van der Waals surface area contributed by atoms with Gasteiger partial charge in [0.15, 0.2) is 11.5 Å². The molecule has 46 heavy (non-hydrogen) atoms. The maximum absolute atomic E-state index is 11.7. The second kappa shape index (κ2) is 14.9. The molecule has 0 fully saturated rings. The summed E-state index contributed by atoms with van der Waals surface area (Å²) in [6.45, 7) is 5.42. The lowest BCUT2D eigenvalue weighted by Gasteiger charge is -2.24. The van der Waals surface area contributed by atoms with Crippen LogP contribution in [0, 0.1) is 18.3 Å². The highest BCUT2D eigenvalue weighted by Crippen LogP contribution is 2.36. The number of fused-ring (bicyclic) bond motifs is 1. The first-order chi connectivity index (χ1) is 22.3. The van der Waals surface area contributed by atoms with E-state index in [1.807, 2.05) is 48.5 Å². The summed E-state index contributed by atoms with van der Waals surface area (Å²) in [5.74, 6) is 0.963. The predicted octanol–water partition coefficient (Wildman–Crippen LogP) is 5.57. The van der Waals surface area contributed by atoms with Crippen molar-refractivity contribution < 1.29 is 34.0 Å². The fraction of sp³-hybridized carbons (Fsp3) is 0.297. The van der Waals surface area contributed by atoms with Gasteiger partial charge in [0.25, 0.3) is 0 Å². The third-order valence-electron chi connectivity index (χ3n) is 8.13. The van der Waals surface area contributed by atoms with E-state index in [-0.39, 0.29) is 13.2 Å². The van der Waals surface area contributed by atoms with Crippen molar-refractivity contribution in [2.45, 2.75) is 45.6 Å². The predicted molar refractivity (Wildman–Crippen MR) is 173 cm³/mol. The van der Waals surface area contributed by atoms with Crippen LogP contribution in [0.2, 0.25) is 0 Å². The van der Waals surface area contributed by atoms with Gasteiger partial charge in [-0.15, -0.1) is 0 Å². The molecule has 0 radical (unpaired) electrons. The monoisotopic (exact) mass is 622 g/mol. The molecule has 1 heterocycles. The molecule has 4 aromatic carbocycles. The van der Waals surface area contributed by atoms with E-state index in [0.29, 0.717) is 44.2 Å². The number of hydrogen-bond acceptors (Lipinski definition) is 8. The maximum atomic E-state index is 11.7. The molecule has 238 valence electrons. The fourth-order valence-corrected chi connectivity index (χ4v) is 5.15. The van der Waals surface area contributed by atoms with E-state index >= 15 is 0 Å². The molecule has 0 unspecified atom stereocenters. The van der Waals surface area contributed by atoms with Gasteiger partial charge in [0.1, 0.15) is 31.1 Å². The molecule has 0 amide bonds. The number of rotatable bonds is 14. The fourth-order valence-electron chi connectivity index (χ4n) is 5.15. The van der Waals surface area contributed by atoms with Crippen LogP contribution >= 0.6 is 0 Å². The summed E-state index contributed by atoms with van der Waals surface area (Å²) in [4.78, 5) is 11.7. The van der Waals surface area contributed by atoms with E-state index < -0.39 is 18.1 Å². The van der Waals surface area contributed by atoms with Crippen molar-refractivity contribution in [3.05, 3.63) is 112 Å². The third-order valence-corrected chi connectivity index (χ3v) is 8.13. The van der Waals surface area contributed by atoms with Crippen LogP contribution in [-0.4, -0.2) is 48.1 Å². The number of aliphatic hydroxyl groups excluding tert-OH is 1. The van der Waals surface area contributed by atoms with E-state index in [1.165, 1.54) is 6.92 Å². The van der Waals surface area contributed by atoms with Gasteiger partial charge in [0.2, 0.25) is 0 Å². The molecular weight excluding hydrogens is 584 g/mol. The molecule has 0 bridgehead atoms. The van der Waals surface area contributed by atoms with Gasteiger partial charge in [-0.1, -0.05) is 48.5 Å². The van der Waals surface area contributed by atoms with Gasteiger partial charge in [-0.2, -0.15) is 5.26 Å². The van der Waals surface area contributed by atoms with Crippen LogP contribution in [0.15, 0.2) is 78.9 Å². The number of nitrogens with one attached hydrogen (secondary N) is 1. The number of benzene rings is 4. The Labute approximate surface area is 268 Å². The van der Waals surface area contributed by atoms with Crippen LogP contribution in [0.25, 0.3) is 11.1 Å². The first kappa shape index (κ1) is 32.5. The number of carbonyl (C=O) groups is 1. The summed E-state index contributed by atoms with van der Waals surface area (Å²) in [6.07, 6.45) is 0.637. The van der Waals surface area contributed by atoms with E-state index in [1.54, 1.807) is 18.2 Å². The molecule has 1 aliphatic rings. The van der Waals surface area contributed by atoms with E-state index in [4.69, 9.17) is 18.9 Å². The maximum Gasteiger partial charge on any atom is 0.326 e. The molecule has 0 aliphatic carbocycles. The SMILES string of the molecule is Cc1c(COCCc2ccc(CN[C@@](C)(CO)C(=O)O)c(OCc3cccc(C#N)c3)c2)cccc1-c1ccc2c(c1)OCCO2. The average molecular weight is 623 g/mol. The van der Waals surface area contributed by atoms with Gasteiger partial charge in [-0.05, 0) is 84.0 Å². The lowest BCUT2D eigenvalue weighted by Crippen LogP contribution is -2.52. The Kier molecular flexibility index (Phi) is 10.6. The topological polar surface area (TPSA) is 130 Å². The van der Waals surface area contributed by atoms with Crippen molar-refractivity contribution in [3.63, 3.8) is 0 Å². The largest absolute Gasteiger partial charge is 0.489 e. The van der Waals surface area contributed by atoms with Gasteiger partial charge in [-0.25, -0.2) is 0 Å². The number of nitriles is 1. The molecule has 0 saturated heterocycles. The Bertz CT molecular complexity index is 1730. The number of ether oxygens (including phenoxy) is 4. The molecule has 0 aromatic heterocycles. The second-order valence-electron chi connectivity index (χ2n) is 11.4. The highest BCUT2D eigenvalue weighted by atomic mass is 16.6. The summed E-state index contributed by atoms with van der Waals surface area (Å²) in [7, 11) is 0. The van der Waals surface area contributed by atoms with Crippen LogP contribution in [0.5, 0.6) is 17.2 Å². The first-order valence-electron chi connectivity index (χ1n) is 15.2. The summed E-state index contributed by atoms with van der Waals surface area (Å²) < 4.78 is 23.8. The summed E-state index contributed by atoms with van der Waals surface area (Å²) in [5, 5.41) is 31.4. The molecule has 1 aliphatic heterocycles. The summed E-state index contributed by atoms with van der Waals surface area (Å²) in [6, 6.07) is 27.3. The normalized spacial score (nSPS) is 13.4. The highest BCUT2D eigenvalue weighted by molar-refractivity contribution is 5.78. The molecule has 9 nitrogen and oxygen atoms in total. The Hall–Kier alpha value is -4.88. The lowest BCUT2D eigenvalue weighted by molar-refractivity contribution is -0.145. The number of hydrogen-bond donors (Lipinski definition) is 3. The molecule has 4 aromatic rings. The number of aliphatic carboxylic acids is 1. The van der Waals surface area contributed by atoms with Crippen LogP contribution in [0.4, 0.5) is 0 Å². The number of nitrogens with zero attached hydrogens (tertiary/aromatic N) is 1. The van der Waals surface area contributed by atoms with Crippen LogP contribution in [0.1, 0.15) is 40.3 Å². The number of aliphatic hydroxyl groups is 1. The van der Waals surface area contributed by atoms with Crippen LogP contribution in [-0.2, 0) is 35.7 Å². The van der Waals surface area contributed by atoms with Crippen molar-refractivity contribution in [2.24, 2.45) is 0 Å². The third kappa shape index (κ3) is 7.85. The zero-order chi connectivity index (χ0) is 32.5. The summed E-state index contributed by atoms with van der Waals surface area (Å²) >= 11 is 0. The van der Waals surface area contributed by atoms with E-state index in [2.05, 4.69) is 30.4 Å². The Balaban J connectivity index is 1.25. The van der Waals surface area contributed by atoms with Gasteiger partial charge in [-0.3, -0.25) is 10.1 Å². The Morgan fingerprint density at radius 1 is 0.957 bits per heavy atom. The Morgan fingerprint density at radius 2 is 1.76 bits per heavy atom. The van der Waals surface area contributed by atoms with Crippen LogP contribution in [0.3, 0.4) is 0 Å². The van der Waals surface area contributed by atoms with Crippen molar-refractivity contribution in [3.8, 4) is 34.4 Å². The quantitative estimate of drug-likeness (QED) is 0.155. The number of carboxylic acids is 1. The van der Waals surface area contributed by atoms with Gasteiger partial charge in [0.05, 0.1) is 31.5 Å².